The zero-order valence-corrected chi connectivity index (χ0v) is 19.7. The molecule has 0 atom stereocenters. The second-order valence-electron chi connectivity index (χ2n) is 8.62. The number of hydrogen-bond acceptors (Lipinski definition) is 5. The number of hydrogen-bond donors (Lipinski definition) is 0. The summed E-state index contributed by atoms with van der Waals surface area (Å²) >= 11 is 1.54. The minimum atomic E-state index is -0.498. The van der Waals surface area contributed by atoms with Gasteiger partial charge in [0.05, 0.1) is 15.8 Å². The molecular weight excluding hydrogens is 444 g/mol. The molecular formula is C28H26N2O3S. The van der Waals surface area contributed by atoms with Crippen molar-refractivity contribution in [2.45, 2.75) is 19.3 Å². The second kappa shape index (κ2) is 10.2. The third kappa shape index (κ3) is 5.02. The number of likely N-dealkylation sites (tertiary alicyclic amines) is 1. The summed E-state index contributed by atoms with van der Waals surface area (Å²) in [5.41, 5.74) is 3.39. The van der Waals surface area contributed by atoms with Crippen LogP contribution in [0, 0.1) is 5.92 Å². The van der Waals surface area contributed by atoms with Crippen molar-refractivity contribution in [2.75, 3.05) is 19.7 Å². The molecule has 1 fully saturated rings. The summed E-state index contributed by atoms with van der Waals surface area (Å²) in [6.07, 6.45) is 2.98. The number of fused-ring (bicyclic) bond motifs is 1. The molecule has 0 saturated carbocycles. The molecule has 4 aromatic rings. The summed E-state index contributed by atoms with van der Waals surface area (Å²) < 4.78 is 6.51. The quantitative estimate of drug-likeness (QED) is 0.344. The van der Waals surface area contributed by atoms with Gasteiger partial charge in [-0.2, -0.15) is 0 Å². The zero-order valence-electron chi connectivity index (χ0n) is 18.9. The molecule has 2 heterocycles. The Hall–Kier alpha value is -3.51. The standard InChI is InChI=1S/C28H26N2O3S/c31-26(30-16-14-21(15-17-30)18-20-8-2-1-3-9-20)19-33-28(32)23-11-5-4-10-22(23)27-29-24-12-6-7-13-25(24)34-27/h1-13,21H,14-19H2. The first kappa shape index (κ1) is 22.3. The highest BCUT2D eigenvalue weighted by atomic mass is 32.1. The molecule has 0 radical (unpaired) electrons. The largest absolute Gasteiger partial charge is 0.452 e. The minimum absolute atomic E-state index is 0.135. The van der Waals surface area contributed by atoms with Crippen LogP contribution in [-0.4, -0.2) is 41.5 Å². The lowest BCUT2D eigenvalue weighted by Crippen LogP contribution is -2.41. The van der Waals surface area contributed by atoms with E-state index in [1.54, 1.807) is 12.1 Å². The van der Waals surface area contributed by atoms with Crippen LogP contribution in [0.3, 0.4) is 0 Å². The van der Waals surface area contributed by atoms with Crippen molar-refractivity contribution in [2.24, 2.45) is 5.92 Å². The van der Waals surface area contributed by atoms with Gasteiger partial charge < -0.3 is 9.64 Å². The summed E-state index contributed by atoms with van der Waals surface area (Å²) in [5, 5.41) is 0.764. The van der Waals surface area contributed by atoms with E-state index in [1.165, 1.54) is 16.9 Å². The average molecular weight is 471 g/mol. The van der Waals surface area contributed by atoms with Crippen LogP contribution in [0.1, 0.15) is 28.8 Å². The lowest BCUT2D eigenvalue weighted by Gasteiger charge is -2.32. The fourth-order valence-electron chi connectivity index (χ4n) is 4.47. The summed E-state index contributed by atoms with van der Waals surface area (Å²) in [7, 11) is 0. The predicted molar refractivity (Wildman–Crippen MR) is 135 cm³/mol. The Balaban J connectivity index is 1.18. The van der Waals surface area contributed by atoms with Gasteiger partial charge in [0.25, 0.3) is 5.91 Å². The number of aromatic nitrogens is 1. The van der Waals surface area contributed by atoms with Crippen LogP contribution in [0.2, 0.25) is 0 Å². The van der Waals surface area contributed by atoms with Crippen molar-refractivity contribution in [1.29, 1.82) is 0 Å². The number of thiazole rings is 1. The molecule has 34 heavy (non-hydrogen) atoms. The molecule has 1 amide bonds. The summed E-state index contributed by atoms with van der Waals surface area (Å²) in [4.78, 5) is 32.1. The molecule has 172 valence electrons. The SMILES string of the molecule is O=C(OCC(=O)N1CCC(Cc2ccccc2)CC1)c1ccccc1-c1nc2ccccc2s1. The van der Waals surface area contributed by atoms with Crippen LogP contribution in [0.25, 0.3) is 20.8 Å². The van der Waals surface area contributed by atoms with E-state index in [4.69, 9.17) is 4.74 Å². The van der Waals surface area contributed by atoms with Crippen molar-refractivity contribution >= 4 is 33.4 Å². The average Bonchev–Trinajstić information content (AvgIpc) is 3.32. The number of esters is 1. The molecule has 1 aliphatic rings. The Morgan fingerprint density at radius 2 is 1.62 bits per heavy atom. The lowest BCUT2D eigenvalue weighted by molar-refractivity contribution is -0.135. The number of ether oxygens (including phenoxy) is 1. The highest BCUT2D eigenvalue weighted by Crippen LogP contribution is 2.32. The van der Waals surface area contributed by atoms with E-state index in [-0.39, 0.29) is 12.5 Å². The Kier molecular flexibility index (Phi) is 6.67. The van der Waals surface area contributed by atoms with Gasteiger partial charge in [-0.1, -0.05) is 60.7 Å². The zero-order chi connectivity index (χ0) is 23.3. The van der Waals surface area contributed by atoms with Crippen molar-refractivity contribution in [1.82, 2.24) is 9.88 Å². The van der Waals surface area contributed by atoms with Gasteiger partial charge in [0, 0.05) is 18.7 Å². The number of rotatable bonds is 6. The lowest BCUT2D eigenvalue weighted by atomic mass is 9.90. The molecule has 0 N–H and O–H groups in total. The number of piperidine rings is 1. The summed E-state index contributed by atoms with van der Waals surface area (Å²) in [5.74, 6) is -0.0548. The van der Waals surface area contributed by atoms with Gasteiger partial charge in [0.2, 0.25) is 0 Å². The minimum Gasteiger partial charge on any atom is -0.452 e. The molecule has 0 spiro atoms. The van der Waals surface area contributed by atoms with E-state index in [9.17, 15) is 9.59 Å². The number of carbonyl (C=O) groups is 2. The van der Waals surface area contributed by atoms with Gasteiger partial charge >= 0.3 is 5.97 Å². The summed E-state index contributed by atoms with van der Waals surface area (Å²) in [6, 6.07) is 25.6. The maximum Gasteiger partial charge on any atom is 0.339 e. The van der Waals surface area contributed by atoms with Crippen molar-refractivity contribution < 1.29 is 14.3 Å². The molecule has 6 heteroatoms. The van der Waals surface area contributed by atoms with E-state index < -0.39 is 5.97 Å². The Morgan fingerprint density at radius 1 is 0.912 bits per heavy atom. The number of nitrogens with zero attached hydrogens (tertiary/aromatic N) is 2. The molecule has 1 aliphatic heterocycles. The molecule has 1 aromatic heterocycles. The van der Waals surface area contributed by atoms with Crippen LogP contribution in [0.4, 0.5) is 0 Å². The first-order chi connectivity index (χ1) is 16.7. The van der Waals surface area contributed by atoms with Crippen LogP contribution < -0.4 is 0 Å². The van der Waals surface area contributed by atoms with Gasteiger partial charge in [-0.15, -0.1) is 11.3 Å². The monoisotopic (exact) mass is 470 g/mol. The molecule has 0 aliphatic carbocycles. The number of amides is 1. The van der Waals surface area contributed by atoms with E-state index in [2.05, 4.69) is 29.2 Å². The van der Waals surface area contributed by atoms with Crippen LogP contribution >= 0.6 is 11.3 Å². The normalized spacial score (nSPS) is 14.3. The molecule has 3 aromatic carbocycles. The topological polar surface area (TPSA) is 59.5 Å². The predicted octanol–water partition coefficient (Wildman–Crippen LogP) is 5.60. The van der Waals surface area contributed by atoms with E-state index >= 15 is 0 Å². The van der Waals surface area contributed by atoms with Crippen LogP contribution in [0.15, 0.2) is 78.9 Å². The first-order valence-corrected chi connectivity index (χ1v) is 12.4. The van der Waals surface area contributed by atoms with Gasteiger partial charge in [-0.25, -0.2) is 9.78 Å². The van der Waals surface area contributed by atoms with E-state index in [0.717, 1.165) is 40.1 Å². The molecule has 5 nitrogen and oxygen atoms in total. The number of para-hydroxylation sites is 1. The van der Waals surface area contributed by atoms with Crippen LogP contribution in [-0.2, 0) is 16.0 Å². The Morgan fingerprint density at radius 3 is 2.41 bits per heavy atom. The van der Waals surface area contributed by atoms with Crippen LogP contribution in [0.5, 0.6) is 0 Å². The third-order valence-corrected chi connectivity index (χ3v) is 7.40. The fraction of sp³-hybridized carbons (Fsp3) is 0.250. The maximum absolute atomic E-state index is 12.9. The summed E-state index contributed by atoms with van der Waals surface area (Å²) in [6.45, 7) is 1.17. The van der Waals surface area contributed by atoms with E-state index in [0.29, 0.717) is 24.6 Å². The number of carbonyl (C=O) groups excluding carboxylic acids is 2. The van der Waals surface area contributed by atoms with Crippen molar-refractivity contribution in [3.8, 4) is 10.6 Å². The van der Waals surface area contributed by atoms with Gasteiger partial charge in [-0.3, -0.25) is 4.79 Å². The van der Waals surface area contributed by atoms with Crippen molar-refractivity contribution in [3.63, 3.8) is 0 Å². The maximum atomic E-state index is 12.9. The van der Waals surface area contributed by atoms with E-state index in [1.807, 2.05) is 47.4 Å². The highest BCUT2D eigenvalue weighted by Gasteiger charge is 2.24. The molecule has 0 bridgehead atoms. The fourth-order valence-corrected chi connectivity index (χ4v) is 5.47. The molecule has 1 saturated heterocycles. The Bertz CT molecular complexity index is 1260. The van der Waals surface area contributed by atoms with Gasteiger partial charge in [-0.05, 0) is 48.9 Å². The third-order valence-electron chi connectivity index (χ3n) is 6.33. The smallest absolute Gasteiger partial charge is 0.339 e. The first-order valence-electron chi connectivity index (χ1n) is 11.6. The molecule has 0 unspecified atom stereocenters. The highest BCUT2D eigenvalue weighted by molar-refractivity contribution is 7.21. The van der Waals surface area contributed by atoms with Crippen molar-refractivity contribution in [3.05, 3.63) is 90.0 Å². The van der Waals surface area contributed by atoms with Gasteiger partial charge in [0.1, 0.15) is 5.01 Å². The Labute approximate surface area is 203 Å². The number of benzene rings is 3. The molecule has 5 rings (SSSR count). The van der Waals surface area contributed by atoms with Gasteiger partial charge in [0.15, 0.2) is 6.61 Å². The second-order valence-corrected chi connectivity index (χ2v) is 9.65.